The van der Waals surface area contributed by atoms with Crippen LogP contribution < -0.4 is 19.7 Å². The summed E-state index contributed by atoms with van der Waals surface area (Å²) in [5.41, 5.74) is 1.11. The first kappa shape index (κ1) is 12.5. The lowest BCUT2D eigenvalue weighted by Crippen LogP contribution is -2.43. The van der Waals surface area contributed by atoms with E-state index in [1.165, 1.54) is 0 Å². The van der Waals surface area contributed by atoms with E-state index in [1.54, 1.807) is 14.2 Å². The van der Waals surface area contributed by atoms with E-state index in [1.807, 2.05) is 12.1 Å². The van der Waals surface area contributed by atoms with Gasteiger partial charge in [-0.1, -0.05) is 0 Å². The lowest BCUT2D eigenvalue weighted by atomic mass is 10.2. The molecule has 1 fully saturated rings. The summed E-state index contributed by atoms with van der Waals surface area (Å²) in [5.74, 6) is 1.63. The van der Waals surface area contributed by atoms with Gasteiger partial charge in [0.1, 0.15) is 10.2 Å². The fourth-order valence-corrected chi connectivity index (χ4v) is 2.69. The Bertz CT molecular complexity index is 392. The topological polar surface area (TPSA) is 33.7 Å². The number of benzene rings is 1. The van der Waals surface area contributed by atoms with Crippen molar-refractivity contribution in [2.24, 2.45) is 0 Å². The number of hydrogen-bond donors (Lipinski definition) is 1. The summed E-state index contributed by atoms with van der Waals surface area (Å²) in [6.07, 6.45) is 0. The first-order valence-electron chi connectivity index (χ1n) is 5.64. The Morgan fingerprint density at radius 2 is 1.88 bits per heavy atom. The third-order valence-corrected chi connectivity index (χ3v) is 3.67. The first-order chi connectivity index (χ1) is 8.27. The minimum atomic E-state index is 0.792. The molecule has 4 nitrogen and oxygen atoms in total. The van der Waals surface area contributed by atoms with Crippen molar-refractivity contribution in [3.05, 3.63) is 16.6 Å². The standard InChI is InChI=1S/C12H17BrN2O2/c1-16-10-4-3-9(12(17-2)11(10)13)15-7-5-14-6-8-15/h3-4,14H,5-8H2,1-2H3. The predicted octanol–water partition coefficient (Wildman–Crippen LogP) is 1.88. The second kappa shape index (κ2) is 5.60. The molecule has 5 heteroatoms. The molecule has 0 saturated carbocycles. The maximum atomic E-state index is 5.48. The average molecular weight is 301 g/mol. The van der Waals surface area contributed by atoms with Gasteiger partial charge in [-0.25, -0.2) is 0 Å². The van der Waals surface area contributed by atoms with Crippen LogP contribution in [0.25, 0.3) is 0 Å². The van der Waals surface area contributed by atoms with Crippen LogP contribution in [-0.2, 0) is 0 Å². The van der Waals surface area contributed by atoms with Gasteiger partial charge in [0.05, 0.1) is 19.9 Å². The van der Waals surface area contributed by atoms with Crippen LogP contribution in [0.5, 0.6) is 11.5 Å². The van der Waals surface area contributed by atoms with Crippen molar-refractivity contribution in [2.75, 3.05) is 45.3 Å². The smallest absolute Gasteiger partial charge is 0.160 e. The minimum Gasteiger partial charge on any atom is -0.495 e. The molecule has 1 aromatic carbocycles. The van der Waals surface area contributed by atoms with Gasteiger partial charge in [0.15, 0.2) is 5.75 Å². The second-order valence-corrected chi connectivity index (χ2v) is 4.66. The van der Waals surface area contributed by atoms with Crippen LogP contribution in [0.15, 0.2) is 16.6 Å². The van der Waals surface area contributed by atoms with Gasteiger partial charge in [0, 0.05) is 26.2 Å². The first-order valence-corrected chi connectivity index (χ1v) is 6.43. The molecular formula is C12H17BrN2O2. The summed E-state index contributed by atoms with van der Waals surface area (Å²) in [6.45, 7) is 4.00. The highest BCUT2D eigenvalue weighted by Gasteiger charge is 2.19. The van der Waals surface area contributed by atoms with Crippen LogP contribution in [0.4, 0.5) is 5.69 Å². The summed E-state index contributed by atoms with van der Waals surface area (Å²) in [6, 6.07) is 4.01. The lowest BCUT2D eigenvalue weighted by Gasteiger charge is -2.31. The molecule has 0 atom stereocenters. The summed E-state index contributed by atoms with van der Waals surface area (Å²) in [4.78, 5) is 2.32. The van der Waals surface area contributed by atoms with Gasteiger partial charge in [-0.15, -0.1) is 0 Å². The molecule has 0 radical (unpaired) electrons. The Kier molecular flexibility index (Phi) is 4.12. The van der Waals surface area contributed by atoms with Gasteiger partial charge in [-0.05, 0) is 28.1 Å². The summed E-state index contributed by atoms with van der Waals surface area (Å²) < 4.78 is 11.6. The van der Waals surface area contributed by atoms with E-state index in [0.29, 0.717) is 0 Å². The molecular weight excluding hydrogens is 284 g/mol. The number of nitrogens with one attached hydrogen (secondary N) is 1. The molecule has 1 aromatic rings. The number of hydrogen-bond acceptors (Lipinski definition) is 4. The maximum Gasteiger partial charge on any atom is 0.160 e. The van der Waals surface area contributed by atoms with Gasteiger partial charge in [-0.3, -0.25) is 0 Å². The van der Waals surface area contributed by atoms with Crippen LogP contribution in [0, 0.1) is 0 Å². The molecule has 1 N–H and O–H groups in total. The molecule has 0 unspecified atom stereocenters. The molecule has 2 rings (SSSR count). The highest BCUT2D eigenvalue weighted by atomic mass is 79.9. The molecule has 0 aliphatic carbocycles. The summed E-state index contributed by atoms with van der Waals surface area (Å²) in [5, 5.41) is 3.34. The van der Waals surface area contributed by atoms with E-state index in [-0.39, 0.29) is 0 Å². The van der Waals surface area contributed by atoms with Crippen LogP contribution in [0.2, 0.25) is 0 Å². The molecule has 1 aliphatic heterocycles. The zero-order chi connectivity index (χ0) is 12.3. The normalized spacial score (nSPS) is 15.8. The van der Waals surface area contributed by atoms with Gasteiger partial charge >= 0.3 is 0 Å². The minimum absolute atomic E-state index is 0.792. The number of piperazine rings is 1. The Morgan fingerprint density at radius 3 is 2.47 bits per heavy atom. The van der Waals surface area contributed by atoms with Gasteiger partial charge in [0.2, 0.25) is 0 Å². The Hall–Kier alpha value is -0.940. The van der Waals surface area contributed by atoms with E-state index in [2.05, 4.69) is 26.1 Å². The molecule has 17 heavy (non-hydrogen) atoms. The number of nitrogens with zero attached hydrogens (tertiary/aromatic N) is 1. The van der Waals surface area contributed by atoms with Crippen molar-refractivity contribution in [3.8, 4) is 11.5 Å². The molecule has 0 amide bonds. The number of methoxy groups -OCH3 is 2. The monoisotopic (exact) mass is 300 g/mol. The van der Waals surface area contributed by atoms with Crippen molar-refractivity contribution >= 4 is 21.6 Å². The van der Waals surface area contributed by atoms with Crippen molar-refractivity contribution in [3.63, 3.8) is 0 Å². The van der Waals surface area contributed by atoms with Crippen molar-refractivity contribution < 1.29 is 9.47 Å². The van der Waals surface area contributed by atoms with E-state index in [9.17, 15) is 0 Å². The van der Waals surface area contributed by atoms with Gasteiger partial charge in [0.25, 0.3) is 0 Å². The maximum absolute atomic E-state index is 5.48. The summed E-state index contributed by atoms with van der Waals surface area (Å²) >= 11 is 3.53. The SMILES string of the molecule is COc1ccc(N2CCNCC2)c(OC)c1Br. The lowest BCUT2D eigenvalue weighted by molar-refractivity contribution is 0.388. The molecule has 0 aromatic heterocycles. The highest BCUT2D eigenvalue weighted by molar-refractivity contribution is 9.10. The summed E-state index contributed by atoms with van der Waals surface area (Å²) in [7, 11) is 3.34. The molecule has 1 heterocycles. The van der Waals surface area contributed by atoms with Crippen LogP contribution in [-0.4, -0.2) is 40.4 Å². The van der Waals surface area contributed by atoms with E-state index >= 15 is 0 Å². The largest absolute Gasteiger partial charge is 0.495 e. The average Bonchev–Trinajstić information content (AvgIpc) is 2.39. The van der Waals surface area contributed by atoms with Crippen LogP contribution in [0.3, 0.4) is 0 Å². The highest BCUT2D eigenvalue weighted by Crippen LogP contribution is 2.41. The van der Waals surface area contributed by atoms with E-state index in [4.69, 9.17) is 9.47 Å². The molecule has 1 aliphatic rings. The van der Waals surface area contributed by atoms with Crippen molar-refractivity contribution in [2.45, 2.75) is 0 Å². The zero-order valence-electron chi connectivity index (χ0n) is 10.1. The third kappa shape index (κ3) is 2.50. The number of anilines is 1. The number of halogens is 1. The predicted molar refractivity (Wildman–Crippen MR) is 72.3 cm³/mol. The molecule has 0 spiro atoms. The Labute approximate surface area is 110 Å². The fraction of sp³-hybridized carbons (Fsp3) is 0.500. The van der Waals surface area contributed by atoms with Crippen LogP contribution >= 0.6 is 15.9 Å². The number of ether oxygens (including phenoxy) is 2. The van der Waals surface area contributed by atoms with Crippen LogP contribution in [0.1, 0.15) is 0 Å². The number of rotatable bonds is 3. The van der Waals surface area contributed by atoms with Crippen molar-refractivity contribution in [1.82, 2.24) is 5.32 Å². The third-order valence-electron chi connectivity index (χ3n) is 2.92. The second-order valence-electron chi connectivity index (χ2n) is 3.87. The zero-order valence-corrected chi connectivity index (χ0v) is 11.7. The fourth-order valence-electron chi connectivity index (χ4n) is 2.03. The van der Waals surface area contributed by atoms with E-state index in [0.717, 1.165) is 47.8 Å². The van der Waals surface area contributed by atoms with Gasteiger partial charge in [-0.2, -0.15) is 0 Å². The molecule has 94 valence electrons. The Balaban J connectivity index is 2.35. The quantitative estimate of drug-likeness (QED) is 0.924. The van der Waals surface area contributed by atoms with E-state index < -0.39 is 0 Å². The van der Waals surface area contributed by atoms with Crippen molar-refractivity contribution in [1.29, 1.82) is 0 Å². The van der Waals surface area contributed by atoms with Gasteiger partial charge < -0.3 is 19.7 Å². The Morgan fingerprint density at radius 1 is 1.18 bits per heavy atom. The molecule has 0 bridgehead atoms. The molecule has 1 saturated heterocycles.